The van der Waals surface area contributed by atoms with Gasteiger partial charge in [-0.3, -0.25) is 9.78 Å². The highest BCUT2D eigenvalue weighted by molar-refractivity contribution is 5.86. The second kappa shape index (κ2) is 7.68. The van der Waals surface area contributed by atoms with E-state index < -0.39 is 0 Å². The van der Waals surface area contributed by atoms with Crippen molar-refractivity contribution in [2.45, 2.75) is 12.3 Å². The number of hydrogen-bond donors (Lipinski definition) is 1. The van der Waals surface area contributed by atoms with Crippen LogP contribution in [0.25, 0.3) is 10.9 Å². The lowest BCUT2D eigenvalue weighted by molar-refractivity contribution is -0.122. The summed E-state index contributed by atoms with van der Waals surface area (Å²) in [5.74, 6) is 1.24. The zero-order chi connectivity index (χ0) is 19.5. The number of aromatic nitrogens is 1. The van der Waals surface area contributed by atoms with Gasteiger partial charge in [0.15, 0.2) is 11.5 Å². The second-order valence-corrected chi connectivity index (χ2v) is 6.73. The summed E-state index contributed by atoms with van der Waals surface area (Å²) in [5.41, 5.74) is 5.35. The fourth-order valence-electron chi connectivity index (χ4n) is 3.29. The molecule has 1 aliphatic carbocycles. The molecule has 0 saturated heterocycles. The van der Waals surface area contributed by atoms with Crippen molar-refractivity contribution < 1.29 is 14.3 Å². The van der Waals surface area contributed by atoms with Crippen molar-refractivity contribution in [3.63, 3.8) is 0 Å². The third kappa shape index (κ3) is 3.67. The predicted molar refractivity (Wildman–Crippen MR) is 108 cm³/mol. The monoisotopic (exact) mass is 375 g/mol. The summed E-state index contributed by atoms with van der Waals surface area (Å²) in [5, 5.41) is 5.17. The third-order valence-corrected chi connectivity index (χ3v) is 4.92. The Balaban J connectivity index is 1.37. The molecule has 1 N–H and O–H groups in total. The molecule has 6 heteroatoms. The van der Waals surface area contributed by atoms with Gasteiger partial charge in [-0.1, -0.05) is 24.3 Å². The van der Waals surface area contributed by atoms with Crippen molar-refractivity contribution in [1.82, 2.24) is 10.4 Å². The zero-order valence-corrected chi connectivity index (χ0v) is 15.8. The summed E-state index contributed by atoms with van der Waals surface area (Å²) < 4.78 is 10.5. The van der Waals surface area contributed by atoms with Crippen LogP contribution < -0.4 is 14.9 Å². The number of pyridine rings is 1. The number of benzene rings is 2. The van der Waals surface area contributed by atoms with E-state index in [2.05, 4.69) is 21.6 Å². The number of fused-ring (bicyclic) bond motifs is 1. The molecule has 1 amide bonds. The molecule has 28 heavy (non-hydrogen) atoms. The molecule has 142 valence electrons. The van der Waals surface area contributed by atoms with E-state index >= 15 is 0 Å². The van der Waals surface area contributed by atoms with Gasteiger partial charge in [0.05, 0.1) is 26.0 Å². The van der Waals surface area contributed by atoms with E-state index in [1.165, 1.54) is 0 Å². The molecule has 0 spiro atoms. The van der Waals surface area contributed by atoms with Crippen LogP contribution in [0, 0.1) is 5.92 Å². The topological polar surface area (TPSA) is 72.8 Å². The largest absolute Gasteiger partial charge is 0.493 e. The van der Waals surface area contributed by atoms with Crippen molar-refractivity contribution in [3.8, 4) is 11.5 Å². The van der Waals surface area contributed by atoms with Crippen molar-refractivity contribution in [2.24, 2.45) is 11.0 Å². The number of rotatable bonds is 6. The Hall–Kier alpha value is -3.41. The molecule has 1 unspecified atom stereocenters. The molecule has 0 radical (unpaired) electrons. The minimum Gasteiger partial charge on any atom is -0.493 e. The number of carbonyl (C=O) groups excluding carboxylic acids is 1. The van der Waals surface area contributed by atoms with Crippen LogP contribution in [0.4, 0.5) is 0 Å². The van der Waals surface area contributed by atoms with Gasteiger partial charge in [0.25, 0.3) is 0 Å². The quantitative estimate of drug-likeness (QED) is 0.529. The first-order chi connectivity index (χ1) is 13.7. The summed E-state index contributed by atoms with van der Waals surface area (Å²) in [4.78, 5) is 17.1. The number of hydrogen-bond acceptors (Lipinski definition) is 5. The lowest BCUT2D eigenvalue weighted by Gasteiger charge is -2.07. The lowest BCUT2D eigenvalue weighted by Crippen LogP contribution is -2.20. The third-order valence-electron chi connectivity index (χ3n) is 4.92. The van der Waals surface area contributed by atoms with Gasteiger partial charge >= 0.3 is 0 Å². The average molecular weight is 375 g/mol. The van der Waals surface area contributed by atoms with E-state index in [1.807, 2.05) is 36.4 Å². The molecule has 2 aromatic carbocycles. The molecule has 0 aliphatic heterocycles. The van der Waals surface area contributed by atoms with Gasteiger partial charge in [-0.05, 0) is 42.3 Å². The van der Waals surface area contributed by atoms with Crippen molar-refractivity contribution in [1.29, 1.82) is 0 Å². The molecule has 1 fully saturated rings. The van der Waals surface area contributed by atoms with Gasteiger partial charge in [-0.25, -0.2) is 5.43 Å². The smallest absolute Gasteiger partial charge is 0.243 e. The molecule has 4 rings (SSSR count). The number of nitrogens with one attached hydrogen (secondary N) is 1. The Morgan fingerprint density at radius 3 is 2.75 bits per heavy atom. The molecule has 1 aliphatic rings. The van der Waals surface area contributed by atoms with Gasteiger partial charge < -0.3 is 9.47 Å². The maximum absolute atomic E-state index is 12.4. The van der Waals surface area contributed by atoms with Crippen LogP contribution in [0.5, 0.6) is 11.5 Å². The van der Waals surface area contributed by atoms with E-state index in [-0.39, 0.29) is 17.7 Å². The Morgan fingerprint density at radius 2 is 1.93 bits per heavy atom. The molecule has 1 heterocycles. The van der Waals surface area contributed by atoms with Gasteiger partial charge in [-0.15, -0.1) is 0 Å². The number of ether oxygens (including phenoxy) is 2. The highest BCUT2D eigenvalue weighted by Crippen LogP contribution is 2.47. The molecule has 1 aromatic heterocycles. The number of carbonyl (C=O) groups is 1. The van der Waals surface area contributed by atoms with Crippen LogP contribution in [0.2, 0.25) is 0 Å². The number of methoxy groups -OCH3 is 2. The van der Waals surface area contributed by atoms with Crippen LogP contribution in [-0.2, 0) is 4.79 Å². The van der Waals surface area contributed by atoms with Gasteiger partial charge in [0, 0.05) is 22.9 Å². The Labute approximate surface area is 163 Å². The Bertz CT molecular complexity index is 1050. The summed E-state index contributed by atoms with van der Waals surface area (Å²) in [6, 6.07) is 17.5. The SMILES string of the molecule is COc1ccc(C=NNC(=O)[C@H]2CC2c2ccc3ccccc3n2)cc1OC. The van der Waals surface area contributed by atoms with Crippen LogP contribution in [0.15, 0.2) is 59.7 Å². The van der Waals surface area contributed by atoms with E-state index in [9.17, 15) is 4.79 Å². The van der Waals surface area contributed by atoms with Crippen LogP contribution in [-0.4, -0.2) is 31.3 Å². The first-order valence-corrected chi connectivity index (χ1v) is 9.10. The Kier molecular flexibility index (Phi) is 4.93. The zero-order valence-electron chi connectivity index (χ0n) is 15.8. The average Bonchev–Trinajstić information content (AvgIpc) is 3.54. The molecular formula is C22H21N3O3. The fourth-order valence-corrected chi connectivity index (χ4v) is 3.29. The standard InChI is InChI=1S/C22H21N3O3/c1-27-20-10-7-14(11-21(20)28-2)13-23-25-22(26)17-12-16(17)19-9-8-15-5-3-4-6-18(15)24-19/h3-11,13,16-17H,12H2,1-2H3,(H,25,26)/t16?,17-/m0/s1. The predicted octanol–water partition coefficient (Wildman–Crippen LogP) is 3.51. The molecule has 2 atom stereocenters. The van der Waals surface area contributed by atoms with Crippen molar-refractivity contribution in [3.05, 3.63) is 65.9 Å². The van der Waals surface area contributed by atoms with E-state index in [0.29, 0.717) is 11.5 Å². The number of hydrazone groups is 1. The highest BCUT2D eigenvalue weighted by Gasteiger charge is 2.45. The first-order valence-electron chi connectivity index (χ1n) is 9.10. The molecular weight excluding hydrogens is 354 g/mol. The normalized spacial score (nSPS) is 18.2. The fraction of sp³-hybridized carbons (Fsp3) is 0.227. The lowest BCUT2D eigenvalue weighted by atomic mass is 10.1. The van der Waals surface area contributed by atoms with E-state index in [1.54, 1.807) is 32.6 Å². The van der Waals surface area contributed by atoms with E-state index in [4.69, 9.17) is 9.47 Å². The second-order valence-electron chi connectivity index (χ2n) is 6.73. The van der Waals surface area contributed by atoms with Crippen molar-refractivity contribution in [2.75, 3.05) is 14.2 Å². The maximum Gasteiger partial charge on any atom is 0.243 e. The summed E-state index contributed by atoms with van der Waals surface area (Å²) in [7, 11) is 3.16. The highest BCUT2D eigenvalue weighted by atomic mass is 16.5. The number of nitrogens with zero attached hydrogens (tertiary/aromatic N) is 2. The molecule has 1 saturated carbocycles. The molecule has 0 bridgehead atoms. The minimum atomic E-state index is -0.0868. The van der Waals surface area contributed by atoms with E-state index in [0.717, 1.165) is 28.6 Å². The van der Waals surface area contributed by atoms with Crippen LogP contribution >= 0.6 is 0 Å². The molecule has 3 aromatic rings. The number of amides is 1. The van der Waals surface area contributed by atoms with Crippen LogP contribution in [0.3, 0.4) is 0 Å². The van der Waals surface area contributed by atoms with Gasteiger partial charge in [0.1, 0.15) is 0 Å². The van der Waals surface area contributed by atoms with Gasteiger partial charge in [-0.2, -0.15) is 5.10 Å². The van der Waals surface area contributed by atoms with Crippen LogP contribution in [0.1, 0.15) is 23.6 Å². The summed E-state index contributed by atoms with van der Waals surface area (Å²) in [6.07, 6.45) is 2.38. The maximum atomic E-state index is 12.4. The Morgan fingerprint density at radius 1 is 1.11 bits per heavy atom. The molecule has 6 nitrogen and oxygen atoms in total. The summed E-state index contributed by atoms with van der Waals surface area (Å²) >= 11 is 0. The number of para-hydroxylation sites is 1. The van der Waals surface area contributed by atoms with Gasteiger partial charge in [0.2, 0.25) is 5.91 Å². The first kappa shape index (κ1) is 18.0. The minimum absolute atomic E-state index is 0.0864. The van der Waals surface area contributed by atoms with Crippen molar-refractivity contribution >= 4 is 23.0 Å². The summed E-state index contributed by atoms with van der Waals surface area (Å²) in [6.45, 7) is 0.